The quantitative estimate of drug-likeness (QED) is 0.432. The highest BCUT2D eigenvalue weighted by molar-refractivity contribution is 7.14. The molecule has 9 heteroatoms. The SMILES string of the molecule is COCCn1c(CCN(C)C(=O)c2csc(Nc3ccccn3)n2)nc2ccccc21. The van der Waals surface area contributed by atoms with Gasteiger partial charge in [-0.25, -0.2) is 15.0 Å². The summed E-state index contributed by atoms with van der Waals surface area (Å²) >= 11 is 1.38. The molecule has 1 N–H and O–H groups in total. The second kappa shape index (κ2) is 9.67. The van der Waals surface area contributed by atoms with Crippen LogP contribution < -0.4 is 5.32 Å². The molecule has 0 spiro atoms. The molecule has 31 heavy (non-hydrogen) atoms. The first-order valence-corrected chi connectivity index (χ1v) is 10.9. The lowest BCUT2D eigenvalue weighted by Gasteiger charge is -2.16. The van der Waals surface area contributed by atoms with Gasteiger partial charge < -0.3 is 19.5 Å². The van der Waals surface area contributed by atoms with Crippen molar-refractivity contribution in [2.75, 3.05) is 32.6 Å². The fourth-order valence-electron chi connectivity index (χ4n) is 3.29. The van der Waals surface area contributed by atoms with Gasteiger partial charge in [0.05, 0.1) is 17.6 Å². The summed E-state index contributed by atoms with van der Waals surface area (Å²) in [7, 11) is 3.48. The third-order valence-corrected chi connectivity index (χ3v) is 5.65. The largest absolute Gasteiger partial charge is 0.383 e. The number of hydrogen-bond donors (Lipinski definition) is 1. The number of nitrogens with one attached hydrogen (secondary N) is 1. The van der Waals surface area contributed by atoms with Crippen molar-refractivity contribution >= 4 is 39.2 Å². The molecular weight excluding hydrogens is 412 g/mol. The number of nitrogens with zero attached hydrogens (tertiary/aromatic N) is 5. The third-order valence-electron chi connectivity index (χ3n) is 4.89. The van der Waals surface area contributed by atoms with Crippen molar-refractivity contribution in [1.82, 2.24) is 24.4 Å². The molecule has 0 radical (unpaired) electrons. The number of thiazole rings is 1. The molecule has 0 bridgehead atoms. The van der Waals surface area contributed by atoms with Crippen LogP contribution in [-0.2, 0) is 17.7 Å². The molecule has 3 aromatic heterocycles. The van der Waals surface area contributed by atoms with Gasteiger partial charge in [-0.05, 0) is 24.3 Å². The van der Waals surface area contributed by atoms with Gasteiger partial charge in [-0.1, -0.05) is 18.2 Å². The Bertz CT molecular complexity index is 1160. The Morgan fingerprint density at radius 2 is 2.03 bits per heavy atom. The predicted molar refractivity (Wildman–Crippen MR) is 122 cm³/mol. The number of carbonyl (C=O) groups excluding carboxylic acids is 1. The Kier molecular flexibility index (Phi) is 6.54. The summed E-state index contributed by atoms with van der Waals surface area (Å²) in [5.74, 6) is 1.51. The number of aromatic nitrogens is 4. The molecular formula is C22H24N6O2S. The molecule has 0 saturated carbocycles. The summed E-state index contributed by atoms with van der Waals surface area (Å²) in [5.41, 5.74) is 2.44. The number of fused-ring (bicyclic) bond motifs is 1. The summed E-state index contributed by atoms with van der Waals surface area (Å²) in [6.07, 6.45) is 2.35. The zero-order valence-corrected chi connectivity index (χ0v) is 18.3. The number of para-hydroxylation sites is 2. The number of pyridine rings is 1. The van der Waals surface area contributed by atoms with E-state index in [1.165, 1.54) is 11.3 Å². The van der Waals surface area contributed by atoms with Gasteiger partial charge in [0.2, 0.25) is 0 Å². The number of imidazole rings is 1. The Labute approximate surface area is 184 Å². The molecule has 0 atom stereocenters. The molecule has 0 aliphatic carbocycles. The lowest BCUT2D eigenvalue weighted by molar-refractivity contribution is 0.0790. The maximum atomic E-state index is 12.8. The summed E-state index contributed by atoms with van der Waals surface area (Å²) in [4.78, 5) is 27.9. The lowest BCUT2D eigenvalue weighted by Crippen LogP contribution is -2.29. The second-order valence-corrected chi connectivity index (χ2v) is 7.87. The van der Waals surface area contributed by atoms with Crippen LogP contribution in [0.5, 0.6) is 0 Å². The van der Waals surface area contributed by atoms with E-state index in [1.807, 2.05) is 36.4 Å². The first kappa shape index (κ1) is 21.0. The van der Waals surface area contributed by atoms with Crippen LogP contribution in [0, 0.1) is 0 Å². The first-order chi connectivity index (χ1) is 15.2. The van der Waals surface area contributed by atoms with Crippen molar-refractivity contribution < 1.29 is 9.53 Å². The first-order valence-electron chi connectivity index (χ1n) is 9.98. The molecule has 1 amide bonds. The Morgan fingerprint density at radius 3 is 2.84 bits per heavy atom. The number of amides is 1. The highest BCUT2D eigenvalue weighted by atomic mass is 32.1. The van der Waals surface area contributed by atoms with Gasteiger partial charge in [-0.2, -0.15) is 0 Å². The molecule has 160 valence electrons. The lowest BCUT2D eigenvalue weighted by atomic mass is 10.3. The summed E-state index contributed by atoms with van der Waals surface area (Å²) in [6.45, 7) is 1.86. The van der Waals surface area contributed by atoms with Crippen molar-refractivity contribution in [3.63, 3.8) is 0 Å². The van der Waals surface area contributed by atoms with E-state index < -0.39 is 0 Å². The molecule has 1 aromatic carbocycles. The summed E-state index contributed by atoms with van der Waals surface area (Å²) in [5, 5.41) is 5.52. The van der Waals surface area contributed by atoms with Crippen molar-refractivity contribution in [3.05, 3.63) is 65.6 Å². The fourth-order valence-corrected chi connectivity index (χ4v) is 3.98. The number of rotatable bonds is 9. The smallest absolute Gasteiger partial charge is 0.273 e. The van der Waals surface area contributed by atoms with Crippen molar-refractivity contribution in [2.45, 2.75) is 13.0 Å². The number of methoxy groups -OCH3 is 1. The fraction of sp³-hybridized carbons (Fsp3) is 0.273. The van der Waals surface area contributed by atoms with E-state index in [1.54, 1.807) is 30.6 Å². The van der Waals surface area contributed by atoms with Crippen molar-refractivity contribution in [2.24, 2.45) is 0 Å². The zero-order chi connectivity index (χ0) is 21.6. The Balaban J connectivity index is 1.42. The third kappa shape index (κ3) is 4.89. The van der Waals surface area contributed by atoms with Gasteiger partial charge in [0.15, 0.2) is 5.13 Å². The molecule has 0 saturated heterocycles. The van der Waals surface area contributed by atoms with E-state index in [-0.39, 0.29) is 5.91 Å². The van der Waals surface area contributed by atoms with Crippen LogP contribution in [0.4, 0.5) is 10.9 Å². The predicted octanol–water partition coefficient (Wildman–Crippen LogP) is 3.59. The minimum atomic E-state index is -0.120. The van der Waals surface area contributed by atoms with Crippen molar-refractivity contribution in [3.8, 4) is 0 Å². The van der Waals surface area contributed by atoms with Crippen molar-refractivity contribution in [1.29, 1.82) is 0 Å². The Morgan fingerprint density at radius 1 is 1.19 bits per heavy atom. The van der Waals surface area contributed by atoms with Crippen LogP contribution in [0.25, 0.3) is 11.0 Å². The van der Waals surface area contributed by atoms with E-state index in [9.17, 15) is 4.79 Å². The maximum absolute atomic E-state index is 12.8. The van der Waals surface area contributed by atoms with E-state index >= 15 is 0 Å². The van der Waals surface area contributed by atoms with Gasteiger partial charge in [0, 0.05) is 45.2 Å². The number of benzene rings is 1. The van der Waals surface area contributed by atoms with Crippen LogP contribution in [0.1, 0.15) is 16.3 Å². The molecule has 8 nitrogen and oxygen atoms in total. The number of anilines is 2. The zero-order valence-electron chi connectivity index (χ0n) is 17.5. The number of likely N-dealkylation sites (N-methyl/N-ethyl adjacent to an activating group) is 1. The monoisotopic (exact) mass is 436 g/mol. The Hall–Kier alpha value is -3.30. The van der Waals surface area contributed by atoms with Crippen LogP contribution in [0.15, 0.2) is 54.0 Å². The van der Waals surface area contributed by atoms with E-state index in [2.05, 4.69) is 25.9 Å². The highest BCUT2D eigenvalue weighted by Crippen LogP contribution is 2.21. The van der Waals surface area contributed by atoms with Gasteiger partial charge >= 0.3 is 0 Å². The van der Waals surface area contributed by atoms with Crippen LogP contribution in [0.2, 0.25) is 0 Å². The summed E-state index contributed by atoms with van der Waals surface area (Å²) < 4.78 is 7.42. The highest BCUT2D eigenvalue weighted by Gasteiger charge is 2.17. The topological polar surface area (TPSA) is 85.2 Å². The summed E-state index contributed by atoms with van der Waals surface area (Å²) in [6, 6.07) is 13.6. The number of ether oxygens (including phenoxy) is 1. The molecule has 3 heterocycles. The van der Waals surface area contributed by atoms with Gasteiger partial charge in [-0.3, -0.25) is 4.79 Å². The normalized spacial score (nSPS) is 11.0. The van der Waals surface area contributed by atoms with E-state index in [4.69, 9.17) is 9.72 Å². The van der Waals surface area contributed by atoms with Gasteiger partial charge in [0.1, 0.15) is 17.3 Å². The molecule has 0 unspecified atom stereocenters. The van der Waals surface area contributed by atoms with Crippen LogP contribution in [0.3, 0.4) is 0 Å². The molecule has 0 fully saturated rings. The van der Waals surface area contributed by atoms with E-state index in [0.29, 0.717) is 36.2 Å². The minimum absolute atomic E-state index is 0.120. The molecule has 0 aliphatic rings. The number of carbonyl (C=O) groups is 1. The average Bonchev–Trinajstić information content (AvgIpc) is 3.40. The number of hydrogen-bond acceptors (Lipinski definition) is 7. The standard InChI is InChI=1S/C22H24N6O2S/c1-27(21(29)17-15-31-22(25-17)26-19-9-5-6-11-23-19)12-10-20-24-16-7-3-4-8-18(16)28(20)13-14-30-2/h3-9,11,15H,10,12-14H2,1-2H3,(H,23,25,26). The average molecular weight is 437 g/mol. The van der Waals surface area contributed by atoms with Crippen LogP contribution >= 0.6 is 11.3 Å². The minimum Gasteiger partial charge on any atom is -0.383 e. The van der Waals surface area contributed by atoms with Gasteiger partial charge in [-0.15, -0.1) is 11.3 Å². The molecule has 0 aliphatic heterocycles. The second-order valence-electron chi connectivity index (χ2n) is 7.02. The molecule has 4 aromatic rings. The van der Waals surface area contributed by atoms with E-state index in [0.717, 1.165) is 23.4 Å². The molecule has 4 rings (SSSR count). The maximum Gasteiger partial charge on any atom is 0.273 e. The van der Waals surface area contributed by atoms with Crippen LogP contribution in [-0.4, -0.2) is 57.6 Å². The van der Waals surface area contributed by atoms with Gasteiger partial charge in [0.25, 0.3) is 5.91 Å².